The van der Waals surface area contributed by atoms with Gasteiger partial charge in [0.05, 0.1) is 13.2 Å². The van der Waals surface area contributed by atoms with Crippen LogP contribution in [0.15, 0.2) is 15.8 Å². The zero-order chi connectivity index (χ0) is 11.3. The SMILES string of the molecule is CCCOCCn1cc(Cl)c(=O)[nH]c1=O. The number of aromatic nitrogens is 2. The first-order chi connectivity index (χ1) is 7.15. The summed E-state index contributed by atoms with van der Waals surface area (Å²) in [6, 6.07) is 0. The Morgan fingerprint density at radius 2 is 2.20 bits per heavy atom. The molecule has 1 heterocycles. The highest BCUT2D eigenvalue weighted by Gasteiger charge is 2.01. The molecule has 15 heavy (non-hydrogen) atoms. The third-order valence-corrected chi connectivity index (χ3v) is 2.06. The van der Waals surface area contributed by atoms with E-state index < -0.39 is 11.2 Å². The molecule has 0 aromatic carbocycles. The lowest BCUT2D eigenvalue weighted by molar-refractivity contribution is 0.126. The van der Waals surface area contributed by atoms with Crippen LogP contribution in [0.1, 0.15) is 13.3 Å². The van der Waals surface area contributed by atoms with E-state index in [2.05, 4.69) is 4.98 Å². The molecular weight excluding hydrogens is 220 g/mol. The van der Waals surface area contributed by atoms with E-state index in [9.17, 15) is 9.59 Å². The molecule has 0 fully saturated rings. The van der Waals surface area contributed by atoms with Crippen LogP contribution in [0.4, 0.5) is 0 Å². The standard InChI is InChI=1S/C9H13ClN2O3/c1-2-4-15-5-3-12-6-7(10)8(13)11-9(12)14/h6H,2-5H2,1H3,(H,11,13,14). The fourth-order valence-electron chi connectivity index (χ4n) is 1.06. The van der Waals surface area contributed by atoms with Crippen molar-refractivity contribution in [2.75, 3.05) is 13.2 Å². The van der Waals surface area contributed by atoms with Crippen LogP contribution < -0.4 is 11.2 Å². The molecule has 0 atom stereocenters. The molecule has 0 amide bonds. The highest BCUT2D eigenvalue weighted by atomic mass is 35.5. The molecule has 0 aliphatic carbocycles. The number of hydrogen-bond acceptors (Lipinski definition) is 3. The molecule has 6 heteroatoms. The lowest BCUT2D eigenvalue weighted by atomic mass is 10.5. The molecule has 0 aliphatic rings. The van der Waals surface area contributed by atoms with Gasteiger partial charge < -0.3 is 4.74 Å². The van der Waals surface area contributed by atoms with Gasteiger partial charge in [-0.2, -0.15) is 0 Å². The van der Waals surface area contributed by atoms with Crippen molar-refractivity contribution in [1.29, 1.82) is 0 Å². The number of ether oxygens (including phenoxy) is 1. The van der Waals surface area contributed by atoms with Crippen LogP contribution >= 0.6 is 11.6 Å². The predicted octanol–water partition coefficient (Wildman–Crippen LogP) is 0.617. The monoisotopic (exact) mass is 232 g/mol. The number of hydrogen-bond donors (Lipinski definition) is 1. The zero-order valence-electron chi connectivity index (χ0n) is 8.46. The maximum absolute atomic E-state index is 11.2. The van der Waals surface area contributed by atoms with Gasteiger partial charge in [0.25, 0.3) is 5.56 Å². The molecule has 0 saturated heterocycles. The van der Waals surface area contributed by atoms with E-state index in [1.165, 1.54) is 10.8 Å². The van der Waals surface area contributed by atoms with Crippen LogP contribution in [0.5, 0.6) is 0 Å². The van der Waals surface area contributed by atoms with Crippen molar-refractivity contribution in [3.8, 4) is 0 Å². The molecular formula is C9H13ClN2O3. The summed E-state index contributed by atoms with van der Waals surface area (Å²) in [5, 5.41) is 0.00471. The number of nitrogens with one attached hydrogen (secondary N) is 1. The van der Waals surface area contributed by atoms with Gasteiger partial charge in [-0.25, -0.2) is 4.79 Å². The van der Waals surface area contributed by atoms with Gasteiger partial charge in [0.2, 0.25) is 0 Å². The minimum absolute atomic E-state index is 0.00471. The van der Waals surface area contributed by atoms with E-state index >= 15 is 0 Å². The molecule has 84 valence electrons. The van der Waals surface area contributed by atoms with Gasteiger partial charge in [-0.1, -0.05) is 18.5 Å². The quantitative estimate of drug-likeness (QED) is 0.757. The van der Waals surface area contributed by atoms with Gasteiger partial charge in [-0.3, -0.25) is 14.3 Å². The highest BCUT2D eigenvalue weighted by molar-refractivity contribution is 6.30. The summed E-state index contributed by atoms with van der Waals surface area (Å²) in [5.41, 5.74) is -1.03. The van der Waals surface area contributed by atoms with Crippen molar-refractivity contribution in [3.05, 3.63) is 32.1 Å². The number of rotatable bonds is 5. The number of nitrogens with zero attached hydrogens (tertiary/aromatic N) is 1. The lowest BCUT2D eigenvalue weighted by Gasteiger charge is -2.05. The maximum atomic E-state index is 11.2. The Labute approximate surface area is 91.6 Å². The molecule has 1 rings (SSSR count). The van der Waals surface area contributed by atoms with Crippen molar-refractivity contribution < 1.29 is 4.74 Å². The molecule has 1 aromatic rings. The summed E-state index contributed by atoms with van der Waals surface area (Å²) in [6.07, 6.45) is 2.25. The third kappa shape index (κ3) is 3.53. The number of H-pyrrole nitrogens is 1. The molecule has 1 N–H and O–H groups in total. The topological polar surface area (TPSA) is 64.1 Å². The second kappa shape index (κ2) is 5.72. The summed E-state index contributed by atoms with van der Waals surface area (Å²) < 4.78 is 6.54. The highest BCUT2D eigenvalue weighted by Crippen LogP contribution is 1.95. The molecule has 5 nitrogen and oxygen atoms in total. The molecule has 0 aliphatic heterocycles. The van der Waals surface area contributed by atoms with E-state index in [4.69, 9.17) is 16.3 Å². The minimum Gasteiger partial charge on any atom is -0.380 e. The maximum Gasteiger partial charge on any atom is 0.328 e. The van der Waals surface area contributed by atoms with Crippen molar-refractivity contribution in [2.45, 2.75) is 19.9 Å². The van der Waals surface area contributed by atoms with E-state index in [1.807, 2.05) is 6.92 Å². The molecule has 0 saturated carbocycles. The van der Waals surface area contributed by atoms with Gasteiger partial charge in [0, 0.05) is 12.8 Å². The summed E-state index contributed by atoms with van der Waals surface area (Å²) in [6.45, 7) is 3.47. The Balaban J connectivity index is 2.66. The average Bonchev–Trinajstić information content (AvgIpc) is 2.20. The Morgan fingerprint density at radius 3 is 2.87 bits per heavy atom. The molecule has 0 unspecified atom stereocenters. The van der Waals surface area contributed by atoms with Crippen molar-refractivity contribution in [2.24, 2.45) is 0 Å². The van der Waals surface area contributed by atoms with Crippen LogP contribution in [0, 0.1) is 0 Å². The third-order valence-electron chi connectivity index (χ3n) is 1.79. The van der Waals surface area contributed by atoms with Crippen molar-refractivity contribution in [3.63, 3.8) is 0 Å². The van der Waals surface area contributed by atoms with Gasteiger partial charge in [-0.15, -0.1) is 0 Å². The molecule has 0 spiro atoms. The second-order valence-electron chi connectivity index (χ2n) is 3.04. The first-order valence-corrected chi connectivity index (χ1v) is 5.10. The number of halogens is 1. The predicted molar refractivity (Wildman–Crippen MR) is 57.4 cm³/mol. The van der Waals surface area contributed by atoms with Crippen LogP contribution in [-0.4, -0.2) is 22.8 Å². The summed E-state index contributed by atoms with van der Waals surface area (Å²) in [4.78, 5) is 24.3. The van der Waals surface area contributed by atoms with Crippen molar-refractivity contribution in [1.82, 2.24) is 9.55 Å². The van der Waals surface area contributed by atoms with Gasteiger partial charge in [-0.05, 0) is 6.42 Å². The summed E-state index contributed by atoms with van der Waals surface area (Å²) >= 11 is 5.58. The van der Waals surface area contributed by atoms with Gasteiger partial charge in [0.1, 0.15) is 5.02 Å². The average molecular weight is 233 g/mol. The number of aromatic amines is 1. The smallest absolute Gasteiger partial charge is 0.328 e. The van der Waals surface area contributed by atoms with Crippen LogP contribution in [-0.2, 0) is 11.3 Å². The molecule has 0 bridgehead atoms. The summed E-state index contributed by atoms with van der Waals surface area (Å²) in [5.74, 6) is 0. The largest absolute Gasteiger partial charge is 0.380 e. The van der Waals surface area contributed by atoms with Crippen LogP contribution in [0.3, 0.4) is 0 Å². The Bertz CT molecular complexity index is 424. The molecule has 1 aromatic heterocycles. The van der Waals surface area contributed by atoms with Gasteiger partial charge in [0.15, 0.2) is 0 Å². The normalized spacial score (nSPS) is 10.5. The lowest BCUT2D eigenvalue weighted by Crippen LogP contribution is -2.30. The Hall–Kier alpha value is -1.07. The van der Waals surface area contributed by atoms with E-state index in [0.29, 0.717) is 19.8 Å². The Kier molecular flexibility index (Phi) is 4.58. The minimum atomic E-state index is -0.563. The molecule has 0 radical (unpaired) electrons. The van der Waals surface area contributed by atoms with Crippen LogP contribution in [0.2, 0.25) is 5.02 Å². The van der Waals surface area contributed by atoms with E-state index in [1.54, 1.807) is 0 Å². The van der Waals surface area contributed by atoms with Crippen molar-refractivity contribution >= 4 is 11.6 Å². The zero-order valence-corrected chi connectivity index (χ0v) is 9.21. The second-order valence-corrected chi connectivity index (χ2v) is 3.45. The van der Waals surface area contributed by atoms with Crippen LogP contribution in [0.25, 0.3) is 0 Å². The van der Waals surface area contributed by atoms with E-state index in [0.717, 1.165) is 6.42 Å². The Morgan fingerprint density at radius 1 is 1.47 bits per heavy atom. The first-order valence-electron chi connectivity index (χ1n) is 4.72. The first kappa shape index (κ1) is 12.0. The van der Waals surface area contributed by atoms with E-state index in [-0.39, 0.29) is 5.02 Å². The fraction of sp³-hybridized carbons (Fsp3) is 0.556. The summed E-state index contributed by atoms with van der Waals surface area (Å²) in [7, 11) is 0. The fourth-order valence-corrected chi connectivity index (χ4v) is 1.22. The van der Waals surface area contributed by atoms with Gasteiger partial charge >= 0.3 is 5.69 Å².